The van der Waals surface area contributed by atoms with Gasteiger partial charge >= 0.3 is 5.97 Å². The van der Waals surface area contributed by atoms with Crippen molar-refractivity contribution in [2.45, 2.75) is 71.8 Å². The van der Waals surface area contributed by atoms with Gasteiger partial charge in [-0.1, -0.05) is 44.5 Å². The highest BCUT2D eigenvalue weighted by Gasteiger charge is 2.38. The molecule has 7 nitrogen and oxygen atoms in total. The van der Waals surface area contributed by atoms with Gasteiger partial charge in [-0.05, 0) is 49.7 Å². The van der Waals surface area contributed by atoms with E-state index in [1.165, 1.54) is 0 Å². The number of hydrogen-bond acceptors (Lipinski definition) is 6. The molecular weight excluding hydrogens is 500 g/mol. The molecule has 0 spiro atoms. The highest BCUT2D eigenvalue weighted by atomic mass is 35.5. The maximum absolute atomic E-state index is 11.7. The summed E-state index contributed by atoms with van der Waals surface area (Å²) in [6, 6.07) is 6.83. The first-order valence-corrected chi connectivity index (χ1v) is 15.6. The summed E-state index contributed by atoms with van der Waals surface area (Å²) in [7, 11) is -1.95. The number of aliphatic carboxylic acids is 1. The summed E-state index contributed by atoms with van der Waals surface area (Å²) in [6.07, 6.45) is -0.176. The number of aryl methyl sites for hydroxylation is 1. The zero-order valence-corrected chi connectivity index (χ0v) is 23.7. The third kappa shape index (κ3) is 4.87. The van der Waals surface area contributed by atoms with Gasteiger partial charge in [0.05, 0.1) is 18.7 Å². The lowest BCUT2D eigenvalue weighted by molar-refractivity contribution is -0.137. The molecule has 1 aliphatic rings. The topological polar surface area (TPSA) is 89.6 Å². The molecule has 2 aromatic heterocycles. The quantitative estimate of drug-likeness (QED) is 0.368. The van der Waals surface area contributed by atoms with E-state index in [4.69, 9.17) is 21.0 Å². The molecule has 35 heavy (non-hydrogen) atoms. The molecule has 0 saturated heterocycles. The van der Waals surface area contributed by atoms with Gasteiger partial charge in [0.1, 0.15) is 16.9 Å². The predicted octanol–water partition coefficient (Wildman–Crippen LogP) is 6.49. The fraction of sp³-hybridized carbons (Fsp3) is 0.440. The Labute approximate surface area is 216 Å². The van der Waals surface area contributed by atoms with Crippen molar-refractivity contribution >= 4 is 42.9 Å². The van der Waals surface area contributed by atoms with Gasteiger partial charge < -0.3 is 9.53 Å². The minimum absolute atomic E-state index is 0.104. The van der Waals surface area contributed by atoms with Crippen LogP contribution in [0, 0.1) is 13.8 Å². The van der Waals surface area contributed by atoms with Gasteiger partial charge in [0.2, 0.25) is 0 Å². The van der Waals surface area contributed by atoms with Crippen molar-refractivity contribution in [1.82, 2.24) is 14.8 Å². The van der Waals surface area contributed by atoms with E-state index in [0.717, 1.165) is 32.3 Å². The lowest BCUT2D eigenvalue weighted by Gasteiger charge is -2.36. The number of benzene rings is 1. The van der Waals surface area contributed by atoms with Gasteiger partial charge in [-0.15, -0.1) is 21.5 Å². The molecular formula is C25H31ClN4O3SSi. The zero-order chi connectivity index (χ0) is 25.7. The summed E-state index contributed by atoms with van der Waals surface area (Å²) in [5.74, 6) is 0.294. The van der Waals surface area contributed by atoms with Crippen LogP contribution in [0.2, 0.25) is 23.2 Å². The van der Waals surface area contributed by atoms with E-state index in [0.29, 0.717) is 23.3 Å². The van der Waals surface area contributed by atoms with Gasteiger partial charge in [0.25, 0.3) is 0 Å². The van der Waals surface area contributed by atoms with Crippen LogP contribution in [0.25, 0.3) is 5.00 Å². The number of carboxylic acid groups (broad SMARTS) is 1. The van der Waals surface area contributed by atoms with Crippen molar-refractivity contribution in [3.63, 3.8) is 0 Å². The number of halogens is 1. The molecule has 0 bridgehead atoms. The third-order valence-corrected chi connectivity index (χ3v) is 12.9. The summed E-state index contributed by atoms with van der Waals surface area (Å²) in [6.45, 7) is 15.7. The molecule has 0 amide bonds. The van der Waals surface area contributed by atoms with E-state index < -0.39 is 20.3 Å². The smallest absolute Gasteiger partial charge is 0.306 e. The minimum atomic E-state index is -1.95. The summed E-state index contributed by atoms with van der Waals surface area (Å²) in [5.41, 5.74) is 3.65. The van der Waals surface area contributed by atoms with Gasteiger partial charge in [-0.3, -0.25) is 14.4 Å². The standard InChI is InChI=1S/C25H31ClN4O3SSi/c1-14-19(13-33-35(6,7)25(3,4)5)34-24-21(14)22(16-8-10-17(26)11-9-16)27-18(12-20(31)32)23-29-28-15(2)30(23)24/h8-11,18H,12-13H2,1-7H3,(H,31,32)/t18-/m0/s1. The second kappa shape index (κ2) is 9.27. The number of fused-ring (bicyclic) bond motifs is 3. The molecule has 4 rings (SSSR count). The zero-order valence-electron chi connectivity index (χ0n) is 21.1. The number of aromatic nitrogens is 3. The Balaban J connectivity index is 1.90. The number of rotatable bonds is 6. The summed E-state index contributed by atoms with van der Waals surface area (Å²) < 4.78 is 8.53. The van der Waals surface area contributed by atoms with Crippen LogP contribution in [-0.2, 0) is 15.8 Å². The van der Waals surface area contributed by atoms with Crippen molar-refractivity contribution in [1.29, 1.82) is 0 Å². The molecule has 0 unspecified atom stereocenters. The Morgan fingerprint density at radius 2 is 1.86 bits per heavy atom. The average Bonchev–Trinajstić information content (AvgIpc) is 3.24. The molecule has 1 atom stereocenters. The molecule has 1 aliphatic heterocycles. The number of carbonyl (C=O) groups is 1. The van der Waals surface area contributed by atoms with Crippen LogP contribution in [0.4, 0.5) is 0 Å². The highest BCUT2D eigenvalue weighted by molar-refractivity contribution is 7.15. The van der Waals surface area contributed by atoms with E-state index >= 15 is 0 Å². The molecule has 1 N–H and O–H groups in total. The van der Waals surface area contributed by atoms with Gasteiger partial charge in [-0.25, -0.2) is 0 Å². The van der Waals surface area contributed by atoms with Crippen molar-refractivity contribution in [3.05, 3.63) is 62.5 Å². The number of hydrogen-bond donors (Lipinski definition) is 1. The maximum Gasteiger partial charge on any atom is 0.306 e. The van der Waals surface area contributed by atoms with Crippen molar-refractivity contribution in [2.24, 2.45) is 4.99 Å². The van der Waals surface area contributed by atoms with Crippen LogP contribution >= 0.6 is 22.9 Å². The van der Waals surface area contributed by atoms with E-state index in [-0.39, 0.29) is 11.5 Å². The summed E-state index contributed by atoms with van der Waals surface area (Å²) in [4.78, 5) is 17.8. The molecule has 1 aromatic carbocycles. The highest BCUT2D eigenvalue weighted by Crippen LogP contribution is 2.42. The van der Waals surface area contributed by atoms with E-state index in [1.807, 2.05) is 35.8 Å². The molecule has 0 aliphatic carbocycles. The Hall–Kier alpha value is -2.33. The van der Waals surface area contributed by atoms with Crippen LogP contribution in [0.3, 0.4) is 0 Å². The Morgan fingerprint density at radius 1 is 1.20 bits per heavy atom. The van der Waals surface area contributed by atoms with Crippen LogP contribution in [0.1, 0.15) is 66.5 Å². The SMILES string of the molecule is Cc1c(CO[Si](C)(C)C(C)(C)C)sc2c1C(c1ccc(Cl)cc1)=N[C@@H](CC(=O)O)c1nnc(C)n1-2. The second-order valence-electron chi connectivity index (χ2n) is 10.4. The van der Waals surface area contributed by atoms with Gasteiger partial charge in [-0.2, -0.15) is 0 Å². The summed E-state index contributed by atoms with van der Waals surface area (Å²) in [5, 5.41) is 19.9. The van der Waals surface area contributed by atoms with E-state index in [2.05, 4.69) is 51.0 Å². The van der Waals surface area contributed by atoms with Crippen molar-refractivity contribution in [3.8, 4) is 5.00 Å². The van der Waals surface area contributed by atoms with Crippen molar-refractivity contribution in [2.75, 3.05) is 0 Å². The number of nitrogens with zero attached hydrogens (tertiary/aromatic N) is 4. The fourth-order valence-corrected chi connectivity index (χ4v) is 6.28. The van der Waals surface area contributed by atoms with Gasteiger partial charge in [0, 0.05) is 21.0 Å². The monoisotopic (exact) mass is 530 g/mol. The Bertz CT molecular complexity index is 1310. The third-order valence-electron chi connectivity index (χ3n) is 6.96. The van der Waals surface area contributed by atoms with Crippen LogP contribution in [0.15, 0.2) is 29.3 Å². The lowest BCUT2D eigenvalue weighted by atomic mass is 9.99. The maximum atomic E-state index is 11.7. The number of aliphatic imine (C=N–C) groups is 1. The molecule has 0 fully saturated rings. The average molecular weight is 531 g/mol. The first kappa shape index (κ1) is 25.8. The molecule has 0 saturated carbocycles. The molecule has 3 aromatic rings. The largest absolute Gasteiger partial charge is 0.481 e. The van der Waals surface area contributed by atoms with E-state index in [1.54, 1.807) is 11.3 Å². The number of carboxylic acids is 1. The Morgan fingerprint density at radius 3 is 2.46 bits per heavy atom. The molecule has 0 radical (unpaired) electrons. The predicted molar refractivity (Wildman–Crippen MR) is 143 cm³/mol. The van der Waals surface area contributed by atoms with Crippen LogP contribution in [-0.4, -0.2) is 39.9 Å². The van der Waals surface area contributed by atoms with Gasteiger partial charge in [0.15, 0.2) is 14.1 Å². The lowest BCUT2D eigenvalue weighted by Crippen LogP contribution is -2.40. The van der Waals surface area contributed by atoms with Crippen LogP contribution < -0.4 is 0 Å². The molecule has 3 heterocycles. The fourth-order valence-electron chi connectivity index (χ4n) is 3.83. The molecule has 10 heteroatoms. The second-order valence-corrected chi connectivity index (χ2v) is 16.7. The first-order valence-electron chi connectivity index (χ1n) is 11.5. The van der Waals surface area contributed by atoms with Crippen LogP contribution in [0.5, 0.6) is 0 Å². The first-order chi connectivity index (χ1) is 16.3. The normalized spacial score (nSPS) is 15.9. The summed E-state index contributed by atoms with van der Waals surface area (Å²) >= 11 is 7.80. The molecule has 186 valence electrons. The van der Waals surface area contributed by atoms with E-state index in [9.17, 15) is 9.90 Å². The van der Waals surface area contributed by atoms with Crippen molar-refractivity contribution < 1.29 is 14.3 Å². The number of thiophene rings is 1. The minimum Gasteiger partial charge on any atom is -0.481 e. The Kier molecular flexibility index (Phi) is 6.82.